The van der Waals surface area contributed by atoms with Gasteiger partial charge in [-0.2, -0.15) is 0 Å². The summed E-state index contributed by atoms with van der Waals surface area (Å²) in [5, 5.41) is 8.95. The molecule has 3 N–H and O–H groups in total. The van der Waals surface area contributed by atoms with E-state index in [-0.39, 0.29) is 24.0 Å². The summed E-state index contributed by atoms with van der Waals surface area (Å²) in [5.41, 5.74) is 6.04. The Balaban J connectivity index is 0.00000144. The van der Waals surface area contributed by atoms with Gasteiger partial charge in [-0.3, -0.25) is 0 Å². The van der Waals surface area contributed by atoms with Gasteiger partial charge in [0.1, 0.15) is 5.82 Å². The van der Waals surface area contributed by atoms with Crippen molar-refractivity contribution in [1.29, 1.82) is 0 Å². The summed E-state index contributed by atoms with van der Waals surface area (Å²) in [5.74, 6) is -0.408. The topological polar surface area (TPSA) is 46.2 Å². The van der Waals surface area contributed by atoms with Crippen LogP contribution in [0.3, 0.4) is 0 Å². The van der Waals surface area contributed by atoms with Crippen LogP contribution in [0.15, 0.2) is 18.2 Å². The van der Waals surface area contributed by atoms with Gasteiger partial charge in [0.25, 0.3) is 0 Å². The van der Waals surface area contributed by atoms with Crippen LogP contribution >= 0.6 is 24.0 Å². The van der Waals surface area contributed by atoms with Gasteiger partial charge in [-0.25, -0.2) is 4.39 Å². The normalized spacial score (nSPS) is 12.0. The lowest BCUT2D eigenvalue weighted by molar-refractivity contribution is 0.268. The zero-order valence-electron chi connectivity index (χ0n) is 6.71. The average Bonchev–Trinajstić information content (AvgIpc) is 2.03. The second-order valence-corrected chi connectivity index (χ2v) is 2.86. The number of hydrogen-bond acceptors (Lipinski definition) is 2. The van der Waals surface area contributed by atoms with E-state index in [1.807, 2.05) is 0 Å². The quantitative estimate of drug-likeness (QED) is 0.808. The molecule has 5 heteroatoms. The second kappa shape index (κ2) is 5.40. The van der Waals surface area contributed by atoms with Crippen LogP contribution in [0.2, 0.25) is 5.02 Å². The van der Waals surface area contributed by atoms with Crippen LogP contribution < -0.4 is 5.73 Å². The predicted octanol–water partition coefficient (Wildman–Crippen LogP) is 1.89. The van der Waals surface area contributed by atoms with E-state index in [1.54, 1.807) is 0 Å². The first kappa shape index (κ1) is 12.7. The fourth-order valence-electron chi connectivity index (χ4n) is 0.901. The highest BCUT2D eigenvalue weighted by atomic mass is 35.5. The first-order chi connectivity index (χ1) is 5.65. The Morgan fingerprint density at radius 2 is 2.15 bits per heavy atom. The van der Waals surface area contributed by atoms with Crippen molar-refractivity contribution >= 4 is 24.0 Å². The van der Waals surface area contributed by atoms with Gasteiger partial charge < -0.3 is 10.8 Å². The molecule has 1 aromatic rings. The minimum Gasteiger partial charge on any atom is -0.394 e. The molecule has 0 aliphatic carbocycles. The highest BCUT2D eigenvalue weighted by Crippen LogP contribution is 2.21. The van der Waals surface area contributed by atoms with Crippen molar-refractivity contribution in [3.8, 4) is 0 Å². The lowest BCUT2D eigenvalue weighted by Gasteiger charge is -2.09. The van der Waals surface area contributed by atoms with E-state index in [1.165, 1.54) is 18.2 Å². The van der Waals surface area contributed by atoms with E-state index >= 15 is 0 Å². The molecule has 0 fully saturated rings. The summed E-state index contributed by atoms with van der Waals surface area (Å²) < 4.78 is 12.5. The molecule has 0 saturated heterocycles. The summed E-state index contributed by atoms with van der Waals surface area (Å²) in [6, 6.07) is 3.36. The molecular weight excluding hydrogens is 216 g/mol. The van der Waals surface area contributed by atoms with Crippen LogP contribution in [0.5, 0.6) is 0 Å². The lowest BCUT2D eigenvalue weighted by atomic mass is 10.1. The first-order valence-corrected chi connectivity index (χ1v) is 3.84. The minimum atomic E-state index is -0.543. The molecule has 1 aromatic carbocycles. The Kier molecular flexibility index (Phi) is 5.25. The van der Waals surface area contributed by atoms with Crippen LogP contribution in [0.1, 0.15) is 11.6 Å². The minimum absolute atomic E-state index is 0. The molecule has 0 radical (unpaired) electrons. The molecule has 0 aromatic heterocycles. The Morgan fingerprint density at radius 1 is 1.54 bits per heavy atom. The third-order valence-corrected chi connectivity index (χ3v) is 1.89. The largest absolute Gasteiger partial charge is 0.394 e. The standard InChI is InChI=1S/C8H9ClFNO.ClH/c9-7-3-5(10)1-2-6(7)8(11)4-12;/h1-3,8,12H,4,11H2;1H/t8-;/m1./s1. The predicted molar refractivity (Wildman–Crippen MR) is 52.7 cm³/mol. The van der Waals surface area contributed by atoms with E-state index < -0.39 is 11.9 Å². The smallest absolute Gasteiger partial charge is 0.124 e. The molecule has 0 amide bonds. The molecule has 1 atom stereocenters. The van der Waals surface area contributed by atoms with Crippen molar-refractivity contribution in [3.63, 3.8) is 0 Å². The van der Waals surface area contributed by atoms with Crippen molar-refractivity contribution in [2.24, 2.45) is 5.73 Å². The highest BCUT2D eigenvalue weighted by molar-refractivity contribution is 6.31. The lowest BCUT2D eigenvalue weighted by Crippen LogP contribution is -2.14. The molecule has 74 valence electrons. The molecule has 0 heterocycles. The number of aliphatic hydroxyl groups is 1. The second-order valence-electron chi connectivity index (χ2n) is 2.45. The van der Waals surface area contributed by atoms with Crippen LogP contribution in [-0.2, 0) is 0 Å². The fraction of sp³-hybridized carbons (Fsp3) is 0.250. The van der Waals surface area contributed by atoms with Crippen LogP contribution in [0.25, 0.3) is 0 Å². The molecule has 2 nitrogen and oxygen atoms in total. The molecule has 1 rings (SSSR count). The third-order valence-electron chi connectivity index (χ3n) is 1.56. The molecule has 0 aliphatic rings. The maximum absolute atomic E-state index is 12.5. The highest BCUT2D eigenvalue weighted by Gasteiger charge is 2.08. The Hall–Kier alpha value is -0.350. The summed E-state index contributed by atoms with van der Waals surface area (Å²) in [7, 11) is 0. The van der Waals surface area contributed by atoms with E-state index in [0.717, 1.165) is 0 Å². The van der Waals surface area contributed by atoms with Crippen molar-refractivity contribution in [2.75, 3.05) is 6.61 Å². The van der Waals surface area contributed by atoms with Crippen LogP contribution in [-0.4, -0.2) is 11.7 Å². The molecular formula is C8H10Cl2FNO. The van der Waals surface area contributed by atoms with Gasteiger partial charge in [-0.05, 0) is 17.7 Å². The number of benzene rings is 1. The number of hydrogen-bond donors (Lipinski definition) is 2. The van der Waals surface area contributed by atoms with Gasteiger partial charge in [0.2, 0.25) is 0 Å². The molecule has 0 saturated carbocycles. The van der Waals surface area contributed by atoms with E-state index in [2.05, 4.69) is 0 Å². The van der Waals surface area contributed by atoms with Crippen molar-refractivity contribution in [3.05, 3.63) is 34.6 Å². The molecule has 0 aliphatic heterocycles. The number of rotatable bonds is 2. The van der Waals surface area contributed by atoms with Crippen LogP contribution in [0.4, 0.5) is 4.39 Å². The first-order valence-electron chi connectivity index (χ1n) is 3.46. The monoisotopic (exact) mass is 225 g/mol. The Morgan fingerprint density at radius 3 is 2.62 bits per heavy atom. The third kappa shape index (κ3) is 3.12. The Bertz CT molecular complexity index is 283. The van der Waals surface area contributed by atoms with Gasteiger partial charge in [0.15, 0.2) is 0 Å². The summed E-state index contributed by atoms with van der Waals surface area (Å²) in [6.45, 7) is -0.203. The van der Waals surface area contributed by atoms with Crippen LogP contribution in [0, 0.1) is 5.82 Å². The summed E-state index contributed by atoms with van der Waals surface area (Å²) in [6.07, 6.45) is 0. The molecule has 13 heavy (non-hydrogen) atoms. The van der Waals surface area contributed by atoms with Gasteiger partial charge in [0.05, 0.1) is 12.6 Å². The van der Waals surface area contributed by atoms with Gasteiger partial charge in [-0.1, -0.05) is 17.7 Å². The SMILES string of the molecule is Cl.N[C@H](CO)c1ccc(F)cc1Cl. The Labute approximate surface area is 86.9 Å². The summed E-state index contributed by atoms with van der Waals surface area (Å²) in [4.78, 5) is 0. The molecule has 0 unspecified atom stereocenters. The van der Waals surface area contributed by atoms with E-state index in [9.17, 15) is 4.39 Å². The fourth-order valence-corrected chi connectivity index (χ4v) is 1.21. The zero-order chi connectivity index (χ0) is 9.14. The molecule has 0 spiro atoms. The van der Waals surface area contributed by atoms with Gasteiger partial charge >= 0.3 is 0 Å². The summed E-state index contributed by atoms with van der Waals surface area (Å²) >= 11 is 5.67. The number of aliphatic hydroxyl groups excluding tert-OH is 1. The van der Waals surface area contributed by atoms with E-state index in [4.69, 9.17) is 22.4 Å². The van der Waals surface area contributed by atoms with E-state index in [0.29, 0.717) is 5.56 Å². The van der Waals surface area contributed by atoms with Crippen molar-refractivity contribution < 1.29 is 9.50 Å². The maximum atomic E-state index is 12.5. The van der Waals surface area contributed by atoms with Gasteiger partial charge in [-0.15, -0.1) is 12.4 Å². The van der Waals surface area contributed by atoms with Crippen molar-refractivity contribution in [1.82, 2.24) is 0 Å². The maximum Gasteiger partial charge on any atom is 0.124 e. The van der Waals surface area contributed by atoms with Gasteiger partial charge in [0, 0.05) is 5.02 Å². The zero-order valence-corrected chi connectivity index (χ0v) is 8.28. The number of halogens is 3. The number of nitrogens with two attached hydrogens (primary N) is 1. The average molecular weight is 226 g/mol. The molecule has 0 bridgehead atoms. The van der Waals surface area contributed by atoms with Crippen molar-refractivity contribution in [2.45, 2.75) is 6.04 Å².